The molecule has 0 radical (unpaired) electrons. The summed E-state index contributed by atoms with van der Waals surface area (Å²) in [4.78, 5) is 8.86. The third-order valence-corrected chi connectivity index (χ3v) is 2.97. The lowest BCUT2D eigenvalue weighted by Crippen LogP contribution is -2.07. The van der Waals surface area contributed by atoms with E-state index in [0.717, 1.165) is 30.2 Å². The van der Waals surface area contributed by atoms with Gasteiger partial charge in [-0.3, -0.25) is 0 Å². The van der Waals surface area contributed by atoms with Crippen molar-refractivity contribution in [3.8, 4) is 5.75 Å². The Morgan fingerprint density at radius 1 is 1.15 bits per heavy atom. The zero-order valence-electron chi connectivity index (χ0n) is 12.3. The number of aryl methyl sites for hydroxylation is 2. The predicted octanol–water partition coefficient (Wildman–Crippen LogP) is 3.36. The summed E-state index contributed by atoms with van der Waals surface area (Å²) < 4.78 is 5.85. The van der Waals surface area contributed by atoms with Crippen LogP contribution >= 0.6 is 0 Å². The monoisotopic (exact) mass is 271 g/mol. The van der Waals surface area contributed by atoms with Gasteiger partial charge in [0.25, 0.3) is 0 Å². The van der Waals surface area contributed by atoms with E-state index in [1.165, 1.54) is 5.56 Å². The van der Waals surface area contributed by atoms with Crippen LogP contribution in [0, 0.1) is 6.92 Å². The SMILES string of the molecule is CCNc1cc(C)nc(COc2ccccc2CC)n1. The van der Waals surface area contributed by atoms with Crippen LogP contribution in [0.15, 0.2) is 30.3 Å². The molecule has 2 aromatic rings. The maximum absolute atomic E-state index is 5.85. The molecule has 4 heteroatoms. The molecule has 0 saturated heterocycles. The predicted molar refractivity (Wildman–Crippen MR) is 81.1 cm³/mol. The second-order valence-electron chi connectivity index (χ2n) is 4.59. The fourth-order valence-electron chi connectivity index (χ4n) is 2.05. The first-order valence-electron chi connectivity index (χ1n) is 7.02. The largest absolute Gasteiger partial charge is 0.485 e. The highest BCUT2D eigenvalue weighted by atomic mass is 16.5. The van der Waals surface area contributed by atoms with Crippen molar-refractivity contribution < 1.29 is 4.74 Å². The van der Waals surface area contributed by atoms with Crippen LogP contribution in [0.2, 0.25) is 0 Å². The Labute approximate surface area is 120 Å². The Morgan fingerprint density at radius 2 is 1.95 bits per heavy atom. The zero-order valence-corrected chi connectivity index (χ0v) is 12.3. The Balaban J connectivity index is 2.10. The molecule has 20 heavy (non-hydrogen) atoms. The van der Waals surface area contributed by atoms with Crippen molar-refractivity contribution in [3.63, 3.8) is 0 Å². The molecule has 0 aliphatic rings. The van der Waals surface area contributed by atoms with Gasteiger partial charge < -0.3 is 10.1 Å². The molecule has 0 spiro atoms. The average Bonchev–Trinajstić information content (AvgIpc) is 2.45. The molecule has 1 heterocycles. The van der Waals surface area contributed by atoms with Crippen molar-refractivity contribution in [3.05, 3.63) is 47.4 Å². The summed E-state index contributed by atoms with van der Waals surface area (Å²) >= 11 is 0. The minimum absolute atomic E-state index is 0.386. The molecule has 106 valence electrons. The smallest absolute Gasteiger partial charge is 0.168 e. The van der Waals surface area contributed by atoms with Crippen LogP contribution in [-0.2, 0) is 13.0 Å². The number of nitrogens with one attached hydrogen (secondary N) is 1. The topological polar surface area (TPSA) is 47.0 Å². The van der Waals surface area contributed by atoms with E-state index in [4.69, 9.17) is 4.74 Å². The molecule has 1 aromatic carbocycles. The first kappa shape index (κ1) is 14.3. The number of aromatic nitrogens is 2. The summed E-state index contributed by atoms with van der Waals surface area (Å²) in [6.07, 6.45) is 0.952. The van der Waals surface area contributed by atoms with Gasteiger partial charge in [-0.1, -0.05) is 25.1 Å². The Morgan fingerprint density at radius 3 is 2.70 bits per heavy atom. The van der Waals surface area contributed by atoms with E-state index in [-0.39, 0.29) is 0 Å². The van der Waals surface area contributed by atoms with Crippen LogP contribution < -0.4 is 10.1 Å². The van der Waals surface area contributed by atoms with E-state index < -0.39 is 0 Å². The minimum atomic E-state index is 0.386. The summed E-state index contributed by atoms with van der Waals surface area (Å²) in [5.41, 5.74) is 2.14. The number of benzene rings is 1. The lowest BCUT2D eigenvalue weighted by atomic mass is 10.1. The van der Waals surface area contributed by atoms with Crippen LogP contribution in [-0.4, -0.2) is 16.5 Å². The molecule has 4 nitrogen and oxygen atoms in total. The van der Waals surface area contributed by atoms with E-state index in [1.807, 2.05) is 38.1 Å². The van der Waals surface area contributed by atoms with E-state index in [0.29, 0.717) is 12.4 Å². The van der Waals surface area contributed by atoms with E-state index in [1.54, 1.807) is 0 Å². The Bertz CT molecular complexity index is 569. The summed E-state index contributed by atoms with van der Waals surface area (Å²) in [5.74, 6) is 2.46. The number of nitrogens with zero attached hydrogens (tertiary/aromatic N) is 2. The third kappa shape index (κ3) is 3.70. The van der Waals surface area contributed by atoms with Crippen LogP contribution in [0.25, 0.3) is 0 Å². The fraction of sp³-hybridized carbons (Fsp3) is 0.375. The van der Waals surface area contributed by atoms with Gasteiger partial charge >= 0.3 is 0 Å². The van der Waals surface area contributed by atoms with Gasteiger partial charge in [0.2, 0.25) is 0 Å². The van der Waals surface area contributed by atoms with Gasteiger partial charge in [0.1, 0.15) is 18.2 Å². The van der Waals surface area contributed by atoms with E-state index >= 15 is 0 Å². The zero-order chi connectivity index (χ0) is 14.4. The Kier molecular flexibility index (Phi) is 4.93. The number of hydrogen-bond acceptors (Lipinski definition) is 4. The molecule has 1 N–H and O–H groups in total. The number of anilines is 1. The van der Waals surface area contributed by atoms with Gasteiger partial charge in [-0.25, -0.2) is 9.97 Å². The van der Waals surface area contributed by atoms with E-state index in [2.05, 4.69) is 28.3 Å². The highest BCUT2D eigenvalue weighted by Crippen LogP contribution is 2.19. The van der Waals surface area contributed by atoms with Crippen molar-refractivity contribution in [2.75, 3.05) is 11.9 Å². The van der Waals surface area contributed by atoms with Crippen LogP contribution in [0.5, 0.6) is 5.75 Å². The Hall–Kier alpha value is -2.10. The normalized spacial score (nSPS) is 10.3. The van der Waals surface area contributed by atoms with Gasteiger partial charge in [-0.2, -0.15) is 0 Å². The van der Waals surface area contributed by atoms with Crippen molar-refractivity contribution in [1.29, 1.82) is 0 Å². The van der Waals surface area contributed by atoms with Crippen molar-refractivity contribution in [1.82, 2.24) is 9.97 Å². The quantitative estimate of drug-likeness (QED) is 0.875. The van der Waals surface area contributed by atoms with Crippen LogP contribution in [0.1, 0.15) is 30.9 Å². The molecule has 1 aromatic heterocycles. The fourth-order valence-corrected chi connectivity index (χ4v) is 2.05. The first-order valence-corrected chi connectivity index (χ1v) is 7.02. The summed E-state index contributed by atoms with van der Waals surface area (Å²) in [7, 11) is 0. The van der Waals surface area contributed by atoms with Gasteiger partial charge in [0.15, 0.2) is 5.82 Å². The van der Waals surface area contributed by atoms with Crippen LogP contribution in [0.3, 0.4) is 0 Å². The van der Waals surface area contributed by atoms with Gasteiger partial charge in [-0.15, -0.1) is 0 Å². The number of para-hydroxylation sites is 1. The number of hydrogen-bond donors (Lipinski definition) is 1. The lowest BCUT2D eigenvalue weighted by molar-refractivity contribution is 0.293. The molecule has 0 unspecified atom stereocenters. The van der Waals surface area contributed by atoms with Crippen molar-refractivity contribution in [2.45, 2.75) is 33.8 Å². The van der Waals surface area contributed by atoms with Gasteiger partial charge in [0.05, 0.1) is 0 Å². The molecule has 0 fully saturated rings. The molecule has 0 aliphatic carbocycles. The molecule has 0 bridgehead atoms. The second kappa shape index (κ2) is 6.89. The highest BCUT2D eigenvalue weighted by molar-refractivity contribution is 5.36. The molecule has 0 aliphatic heterocycles. The summed E-state index contributed by atoms with van der Waals surface area (Å²) in [6.45, 7) is 7.36. The lowest BCUT2D eigenvalue weighted by Gasteiger charge is -2.11. The first-order chi connectivity index (χ1) is 9.72. The molecular weight excluding hydrogens is 250 g/mol. The minimum Gasteiger partial charge on any atom is -0.485 e. The van der Waals surface area contributed by atoms with Gasteiger partial charge in [-0.05, 0) is 31.9 Å². The van der Waals surface area contributed by atoms with Crippen molar-refractivity contribution >= 4 is 5.82 Å². The second-order valence-corrected chi connectivity index (χ2v) is 4.59. The molecule has 0 atom stereocenters. The summed E-state index contributed by atoms with van der Waals surface area (Å²) in [6, 6.07) is 10.0. The number of ether oxygens (including phenoxy) is 1. The summed E-state index contributed by atoms with van der Waals surface area (Å²) in [5, 5.41) is 3.20. The molecule has 0 saturated carbocycles. The number of rotatable bonds is 6. The maximum atomic E-state index is 5.85. The molecular formula is C16H21N3O. The maximum Gasteiger partial charge on any atom is 0.168 e. The van der Waals surface area contributed by atoms with E-state index in [9.17, 15) is 0 Å². The van der Waals surface area contributed by atoms with Gasteiger partial charge in [0, 0.05) is 18.3 Å². The molecule has 0 amide bonds. The third-order valence-electron chi connectivity index (χ3n) is 2.97. The average molecular weight is 271 g/mol. The standard InChI is InChI=1S/C16H21N3O/c1-4-13-8-6-7-9-14(13)20-11-16-18-12(3)10-15(19-16)17-5-2/h6-10H,4-5,11H2,1-3H3,(H,17,18,19). The van der Waals surface area contributed by atoms with Crippen molar-refractivity contribution in [2.24, 2.45) is 0 Å². The van der Waals surface area contributed by atoms with Crippen LogP contribution in [0.4, 0.5) is 5.82 Å². The highest BCUT2D eigenvalue weighted by Gasteiger charge is 2.05. The molecule has 2 rings (SSSR count).